The second kappa shape index (κ2) is 10.8. The van der Waals surface area contributed by atoms with Crippen LogP contribution in [0.25, 0.3) is 0 Å². The Labute approximate surface area is 179 Å². The van der Waals surface area contributed by atoms with Crippen molar-refractivity contribution in [3.63, 3.8) is 0 Å². The fourth-order valence-corrected chi connectivity index (χ4v) is 3.94. The van der Waals surface area contributed by atoms with Gasteiger partial charge in [0.15, 0.2) is 5.96 Å². The van der Waals surface area contributed by atoms with Crippen molar-refractivity contribution in [3.8, 4) is 0 Å². The summed E-state index contributed by atoms with van der Waals surface area (Å²) < 4.78 is 0. The van der Waals surface area contributed by atoms with Gasteiger partial charge in [0.2, 0.25) is 5.91 Å². The molecule has 1 aliphatic rings. The normalized spacial score (nSPS) is 17.5. The van der Waals surface area contributed by atoms with Gasteiger partial charge >= 0.3 is 0 Å². The van der Waals surface area contributed by atoms with Gasteiger partial charge in [-0.15, -0.1) is 0 Å². The third-order valence-electron chi connectivity index (χ3n) is 5.53. The molecule has 2 aromatic carbocycles. The molecule has 0 radical (unpaired) electrons. The summed E-state index contributed by atoms with van der Waals surface area (Å²) in [4.78, 5) is 18.2. The third-order valence-corrected chi connectivity index (χ3v) is 5.53. The first-order valence-corrected chi connectivity index (χ1v) is 10.6. The fraction of sp³-hybridized carbons (Fsp3) is 0.417. The summed E-state index contributed by atoms with van der Waals surface area (Å²) in [5, 5.41) is 6.75. The number of amides is 1. The van der Waals surface area contributed by atoms with Crippen LogP contribution < -0.4 is 16.4 Å². The number of likely N-dealkylation sites (tertiary alicyclic amines) is 1. The highest BCUT2D eigenvalue weighted by Gasteiger charge is 2.23. The van der Waals surface area contributed by atoms with Crippen molar-refractivity contribution >= 4 is 11.9 Å². The topological polar surface area (TPSA) is 82.8 Å². The van der Waals surface area contributed by atoms with Crippen LogP contribution >= 0.6 is 0 Å². The lowest BCUT2D eigenvalue weighted by Crippen LogP contribution is -2.40. The zero-order chi connectivity index (χ0) is 21.3. The highest BCUT2D eigenvalue weighted by molar-refractivity contribution is 5.79. The molecule has 2 aromatic rings. The predicted octanol–water partition coefficient (Wildman–Crippen LogP) is 2.56. The Morgan fingerprint density at radius 1 is 1.10 bits per heavy atom. The van der Waals surface area contributed by atoms with Crippen LogP contribution in [0.3, 0.4) is 0 Å². The summed E-state index contributed by atoms with van der Waals surface area (Å²) >= 11 is 0. The van der Waals surface area contributed by atoms with Gasteiger partial charge in [0.05, 0.1) is 5.92 Å². The molecule has 3 rings (SSSR count). The molecule has 0 saturated carbocycles. The van der Waals surface area contributed by atoms with Gasteiger partial charge in [-0.05, 0) is 43.0 Å². The van der Waals surface area contributed by atoms with E-state index < -0.39 is 0 Å². The number of hydrogen-bond donors (Lipinski definition) is 3. The number of benzene rings is 2. The minimum atomic E-state index is -0.179. The van der Waals surface area contributed by atoms with Crippen molar-refractivity contribution in [2.45, 2.75) is 39.4 Å². The van der Waals surface area contributed by atoms with Gasteiger partial charge in [-0.3, -0.25) is 14.7 Å². The molecule has 0 spiro atoms. The molecule has 1 amide bonds. The second-order valence-corrected chi connectivity index (χ2v) is 8.06. The molecule has 1 unspecified atom stereocenters. The number of hydrogen-bond acceptors (Lipinski definition) is 3. The summed E-state index contributed by atoms with van der Waals surface area (Å²) in [7, 11) is 1.79. The quantitative estimate of drug-likeness (QED) is 0.487. The van der Waals surface area contributed by atoms with Gasteiger partial charge < -0.3 is 16.4 Å². The lowest BCUT2D eigenvalue weighted by atomic mass is 9.97. The van der Waals surface area contributed by atoms with E-state index in [9.17, 15) is 4.79 Å². The van der Waals surface area contributed by atoms with Gasteiger partial charge in [-0.1, -0.05) is 54.1 Å². The van der Waals surface area contributed by atoms with Crippen LogP contribution in [0.5, 0.6) is 0 Å². The van der Waals surface area contributed by atoms with E-state index in [0.717, 1.165) is 45.0 Å². The molecule has 1 fully saturated rings. The van der Waals surface area contributed by atoms with Crippen molar-refractivity contribution < 1.29 is 4.79 Å². The largest absolute Gasteiger partial charge is 0.369 e. The maximum Gasteiger partial charge on any atom is 0.221 e. The van der Waals surface area contributed by atoms with Crippen LogP contribution in [-0.4, -0.2) is 36.9 Å². The zero-order valence-electron chi connectivity index (χ0n) is 18.0. The van der Waals surface area contributed by atoms with Crippen LogP contribution in [0.1, 0.15) is 35.1 Å². The van der Waals surface area contributed by atoms with Crippen LogP contribution in [0, 0.1) is 12.8 Å². The van der Waals surface area contributed by atoms with E-state index in [1.165, 1.54) is 22.3 Å². The maximum atomic E-state index is 11.5. The molecule has 4 N–H and O–H groups in total. The number of piperidine rings is 1. The average molecular weight is 408 g/mol. The standard InChI is InChI=1S/C24H33N5O/c1-18-6-3-7-19(12-18)14-27-24(26-2)28-15-20-8-4-9-21(13-20)16-29-11-5-10-22(17-29)23(25)30/h3-4,6-9,12-13,22H,5,10-11,14-17H2,1-2H3,(H2,25,30)(H2,26,27,28). The lowest BCUT2D eigenvalue weighted by molar-refractivity contribution is -0.123. The second-order valence-electron chi connectivity index (χ2n) is 8.06. The molecule has 1 heterocycles. The molecule has 160 valence electrons. The molecule has 6 nitrogen and oxygen atoms in total. The van der Waals surface area contributed by atoms with E-state index >= 15 is 0 Å². The fourth-order valence-electron chi connectivity index (χ4n) is 3.94. The van der Waals surface area contributed by atoms with Crippen molar-refractivity contribution in [1.82, 2.24) is 15.5 Å². The molecule has 0 aromatic heterocycles. The predicted molar refractivity (Wildman–Crippen MR) is 122 cm³/mol. The number of aliphatic imine (C=N–C) groups is 1. The van der Waals surface area contributed by atoms with Crippen molar-refractivity contribution in [3.05, 3.63) is 70.8 Å². The number of nitrogens with two attached hydrogens (primary N) is 1. The number of guanidine groups is 1. The summed E-state index contributed by atoms with van der Waals surface area (Å²) in [6.07, 6.45) is 1.93. The van der Waals surface area contributed by atoms with E-state index in [4.69, 9.17) is 5.73 Å². The zero-order valence-corrected chi connectivity index (χ0v) is 18.0. The first kappa shape index (κ1) is 21.8. The summed E-state index contributed by atoms with van der Waals surface area (Å²) in [6.45, 7) is 6.15. The summed E-state index contributed by atoms with van der Waals surface area (Å²) in [5.74, 6) is 0.579. The molecular formula is C24H33N5O. The monoisotopic (exact) mass is 407 g/mol. The number of rotatable bonds is 7. The Balaban J connectivity index is 1.51. The minimum Gasteiger partial charge on any atom is -0.369 e. The van der Waals surface area contributed by atoms with Crippen molar-refractivity contribution in [2.24, 2.45) is 16.6 Å². The minimum absolute atomic E-state index is 0.0219. The molecule has 1 saturated heterocycles. The number of carbonyl (C=O) groups excluding carboxylic acids is 1. The Bertz CT molecular complexity index is 879. The highest BCUT2D eigenvalue weighted by Crippen LogP contribution is 2.18. The van der Waals surface area contributed by atoms with Gasteiger partial charge in [-0.2, -0.15) is 0 Å². The number of aryl methyl sites for hydroxylation is 1. The Kier molecular flexibility index (Phi) is 7.85. The van der Waals surface area contributed by atoms with E-state index in [2.05, 4.69) is 76.0 Å². The SMILES string of the molecule is CN=C(NCc1cccc(C)c1)NCc1cccc(CN2CCCC(C(N)=O)C2)c1. The van der Waals surface area contributed by atoms with E-state index in [1.54, 1.807) is 7.05 Å². The van der Waals surface area contributed by atoms with Crippen molar-refractivity contribution in [1.29, 1.82) is 0 Å². The Morgan fingerprint density at radius 3 is 2.43 bits per heavy atom. The number of carbonyl (C=O) groups is 1. The van der Waals surface area contributed by atoms with Crippen LogP contribution in [-0.2, 0) is 24.4 Å². The molecule has 0 bridgehead atoms. The van der Waals surface area contributed by atoms with E-state index in [-0.39, 0.29) is 11.8 Å². The number of primary amides is 1. The Morgan fingerprint density at radius 2 is 1.77 bits per heavy atom. The molecule has 1 aliphatic heterocycles. The first-order valence-electron chi connectivity index (χ1n) is 10.6. The highest BCUT2D eigenvalue weighted by atomic mass is 16.1. The van der Waals surface area contributed by atoms with E-state index in [1.807, 2.05) is 0 Å². The maximum absolute atomic E-state index is 11.5. The smallest absolute Gasteiger partial charge is 0.221 e. The molecule has 6 heteroatoms. The Hall–Kier alpha value is -2.86. The average Bonchev–Trinajstić information content (AvgIpc) is 2.74. The first-order chi connectivity index (χ1) is 14.5. The van der Waals surface area contributed by atoms with Gasteiger partial charge in [0.1, 0.15) is 0 Å². The van der Waals surface area contributed by atoms with Gasteiger partial charge in [0, 0.05) is 33.2 Å². The molecule has 30 heavy (non-hydrogen) atoms. The summed E-state index contributed by atoms with van der Waals surface area (Å²) in [5.41, 5.74) is 10.4. The molecular weight excluding hydrogens is 374 g/mol. The third kappa shape index (κ3) is 6.59. The molecule has 0 aliphatic carbocycles. The van der Waals surface area contributed by atoms with Gasteiger partial charge in [-0.25, -0.2) is 0 Å². The van der Waals surface area contributed by atoms with Crippen molar-refractivity contribution in [2.75, 3.05) is 20.1 Å². The number of nitrogens with zero attached hydrogens (tertiary/aromatic N) is 2. The van der Waals surface area contributed by atoms with Crippen LogP contribution in [0.4, 0.5) is 0 Å². The van der Waals surface area contributed by atoms with Gasteiger partial charge in [0.25, 0.3) is 0 Å². The summed E-state index contributed by atoms with van der Waals surface area (Å²) in [6, 6.07) is 17.0. The molecule has 1 atom stereocenters. The van der Waals surface area contributed by atoms with E-state index in [0.29, 0.717) is 6.54 Å². The lowest BCUT2D eigenvalue weighted by Gasteiger charge is -2.31. The van der Waals surface area contributed by atoms with Crippen LogP contribution in [0.15, 0.2) is 53.5 Å². The number of nitrogens with one attached hydrogen (secondary N) is 2. The van der Waals surface area contributed by atoms with Crippen LogP contribution in [0.2, 0.25) is 0 Å².